The van der Waals surface area contributed by atoms with Gasteiger partial charge in [-0.25, -0.2) is 4.79 Å². The van der Waals surface area contributed by atoms with Crippen LogP contribution in [0.4, 0.5) is 0 Å². The van der Waals surface area contributed by atoms with Crippen LogP contribution in [0.15, 0.2) is 21.3 Å². The van der Waals surface area contributed by atoms with E-state index >= 15 is 0 Å². The summed E-state index contributed by atoms with van der Waals surface area (Å²) in [4.78, 5) is 11.6. The van der Waals surface area contributed by atoms with Gasteiger partial charge in [0.05, 0.1) is 6.61 Å². The zero-order chi connectivity index (χ0) is 21.9. The lowest BCUT2D eigenvalue weighted by molar-refractivity contribution is -0.277. The number of hydrogen-bond donors (Lipinski definition) is 4. The second kappa shape index (κ2) is 13.1. The van der Waals surface area contributed by atoms with E-state index in [0.717, 1.165) is 19.3 Å². The third-order valence-electron chi connectivity index (χ3n) is 5.47. The Bertz CT molecular complexity index is 659. The molecular weight excluding hydrogens is 392 g/mol. The predicted octanol–water partition coefficient (Wildman–Crippen LogP) is 1.89. The Morgan fingerprint density at radius 1 is 0.900 bits per heavy atom. The summed E-state index contributed by atoms with van der Waals surface area (Å²) in [5.41, 5.74) is -0.498. The highest BCUT2D eigenvalue weighted by Crippen LogP contribution is 2.27. The summed E-state index contributed by atoms with van der Waals surface area (Å²) in [6, 6.07) is 2.65. The van der Waals surface area contributed by atoms with Crippen molar-refractivity contribution in [2.24, 2.45) is 0 Å². The highest BCUT2D eigenvalue weighted by Gasteiger charge is 2.44. The van der Waals surface area contributed by atoms with Crippen LogP contribution in [-0.2, 0) is 11.2 Å². The summed E-state index contributed by atoms with van der Waals surface area (Å²) < 4.78 is 16.3. The van der Waals surface area contributed by atoms with Crippen LogP contribution in [0.25, 0.3) is 0 Å². The highest BCUT2D eigenvalue weighted by atomic mass is 16.7. The lowest BCUT2D eigenvalue weighted by Gasteiger charge is -2.39. The standard InChI is InChI=1S/C22H36O8/c1-2-3-4-5-6-7-8-9-10-11-15-16(12-13-18(24)28-15)29-22-21(27)20(26)19(25)17(14-23)30-22/h12-13,17,19-23,25-27H,2-11,14H2,1H3/t17-,19-,20+,21-,22-/m1/s1. The van der Waals surface area contributed by atoms with Crippen molar-refractivity contribution < 1.29 is 34.3 Å². The fourth-order valence-corrected chi connectivity index (χ4v) is 3.61. The summed E-state index contributed by atoms with van der Waals surface area (Å²) in [6.07, 6.45) is 4.11. The first kappa shape index (κ1) is 24.8. The van der Waals surface area contributed by atoms with E-state index in [2.05, 4.69) is 6.92 Å². The number of rotatable bonds is 13. The lowest BCUT2D eigenvalue weighted by Crippen LogP contribution is -2.60. The molecule has 0 unspecified atom stereocenters. The molecule has 0 spiro atoms. The van der Waals surface area contributed by atoms with Crippen LogP contribution < -0.4 is 10.4 Å². The molecule has 4 N–H and O–H groups in total. The largest absolute Gasteiger partial charge is 0.458 e. The monoisotopic (exact) mass is 428 g/mol. The molecule has 172 valence electrons. The Morgan fingerprint density at radius 2 is 1.53 bits per heavy atom. The molecule has 1 aromatic heterocycles. The molecule has 2 rings (SSSR count). The summed E-state index contributed by atoms with van der Waals surface area (Å²) in [5, 5.41) is 39.2. The molecular formula is C22H36O8. The van der Waals surface area contributed by atoms with E-state index in [1.807, 2.05) is 0 Å². The highest BCUT2D eigenvalue weighted by molar-refractivity contribution is 5.25. The smallest absolute Gasteiger partial charge is 0.336 e. The van der Waals surface area contributed by atoms with Crippen molar-refractivity contribution in [3.63, 3.8) is 0 Å². The minimum atomic E-state index is -1.53. The van der Waals surface area contributed by atoms with Gasteiger partial charge in [-0.2, -0.15) is 0 Å². The normalized spacial score (nSPS) is 26.6. The van der Waals surface area contributed by atoms with Gasteiger partial charge in [-0.05, 0) is 12.5 Å². The molecule has 8 nitrogen and oxygen atoms in total. The van der Waals surface area contributed by atoms with Crippen molar-refractivity contribution in [3.8, 4) is 5.75 Å². The van der Waals surface area contributed by atoms with Crippen LogP contribution >= 0.6 is 0 Å². The SMILES string of the molecule is CCCCCCCCCCCc1oc(=O)ccc1O[C@@H]1O[C@H](CO)[C@@H](O)[C@H](O)[C@H]1O. The molecule has 1 fully saturated rings. The first-order valence-electron chi connectivity index (χ1n) is 11.1. The second-order valence-electron chi connectivity index (χ2n) is 7.94. The van der Waals surface area contributed by atoms with E-state index in [1.54, 1.807) is 0 Å². The van der Waals surface area contributed by atoms with Crippen molar-refractivity contribution in [2.75, 3.05) is 6.61 Å². The third kappa shape index (κ3) is 7.35. The fourth-order valence-electron chi connectivity index (χ4n) is 3.61. The van der Waals surface area contributed by atoms with Gasteiger partial charge >= 0.3 is 5.63 Å². The van der Waals surface area contributed by atoms with E-state index in [4.69, 9.17) is 13.9 Å². The lowest BCUT2D eigenvalue weighted by atomic mass is 9.99. The van der Waals surface area contributed by atoms with Gasteiger partial charge in [0.15, 0.2) is 5.75 Å². The molecule has 0 radical (unpaired) electrons. The number of ether oxygens (including phenoxy) is 2. The second-order valence-corrected chi connectivity index (χ2v) is 7.94. The maximum Gasteiger partial charge on any atom is 0.336 e. The Morgan fingerprint density at radius 3 is 2.17 bits per heavy atom. The number of unbranched alkanes of at least 4 members (excludes halogenated alkanes) is 8. The summed E-state index contributed by atoms with van der Waals surface area (Å²) in [5.74, 6) is 0.584. The zero-order valence-corrected chi connectivity index (χ0v) is 17.7. The van der Waals surface area contributed by atoms with Gasteiger partial charge in [-0.15, -0.1) is 0 Å². The minimum absolute atomic E-state index is 0.235. The average Bonchev–Trinajstić information content (AvgIpc) is 2.74. The Hall–Kier alpha value is -1.45. The molecule has 30 heavy (non-hydrogen) atoms. The van der Waals surface area contributed by atoms with Crippen LogP contribution in [-0.4, -0.2) is 57.7 Å². The maximum absolute atomic E-state index is 11.6. The van der Waals surface area contributed by atoms with Crippen molar-refractivity contribution >= 4 is 0 Å². The summed E-state index contributed by atoms with van der Waals surface area (Å²) >= 11 is 0. The van der Waals surface area contributed by atoms with Crippen molar-refractivity contribution in [2.45, 2.75) is 102 Å². The predicted molar refractivity (Wildman–Crippen MR) is 110 cm³/mol. The van der Waals surface area contributed by atoms with Crippen LogP contribution in [0, 0.1) is 0 Å². The molecule has 8 heteroatoms. The molecule has 1 saturated heterocycles. The fraction of sp³-hybridized carbons (Fsp3) is 0.773. The Labute approximate surface area is 177 Å². The topological polar surface area (TPSA) is 130 Å². The van der Waals surface area contributed by atoms with Gasteiger partial charge in [-0.1, -0.05) is 58.3 Å². The Balaban J connectivity index is 1.86. The van der Waals surface area contributed by atoms with Crippen molar-refractivity contribution in [1.29, 1.82) is 0 Å². The van der Waals surface area contributed by atoms with E-state index in [-0.39, 0.29) is 5.75 Å². The quantitative estimate of drug-likeness (QED) is 0.351. The van der Waals surface area contributed by atoms with Gasteiger partial charge in [0.25, 0.3) is 0 Å². The molecule has 1 aliphatic rings. The van der Waals surface area contributed by atoms with Crippen molar-refractivity contribution in [1.82, 2.24) is 0 Å². The number of aliphatic hydroxyl groups excluding tert-OH is 4. The van der Waals surface area contributed by atoms with E-state index < -0.39 is 42.9 Å². The molecule has 0 amide bonds. The van der Waals surface area contributed by atoms with Crippen molar-refractivity contribution in [3.05, 3.63) is 28.3 Å². The van der Waals surface area contributed by atoms with E-state index in [1.165, 1.54) is 50.7 Å². The molecule has 1 aliphatic heterocycles. The van der Waals surface area contributed by atoms with Crippen LogP contribution in [0.3, 0.4) is 0 Å². The molecule has 0 bridgehead atoms. The number of hydrogen-bond acceptors (Lipinski definition) is 8. The molecule has 0 aromatic carbocycles. The molecule has 2 heterocycles. The zero-order valence-electron chi connectivity index (χ0n) is 17.7. The van der Waals surface area contributed by atoms with Crippen LogP contribution in [0.1, 0.15) is 70.5 Å². The molecule has 0 saturated carbocycles. The summed E-state index contributed by atoms with van der Waals surface area (Å²) in [6.45, 7) is 1.66. The molecule has 5 atom stereocenters. The maximum atomic E-state index is 11.6. The van der Waals surface area contributed by atoms with Crippen LogP contribution in [0.2, 0.25) is 0 Å². The molecule has 0 aliphatic carbocycles. The average molecular weight is 429 g/mol. The summed E-state index contributed by atoms with van der Waals surface area (Å²) in [7, 11) is 0. The van der Waals surface area contributed by atoms with Crippen LogP contribution in [0.5, 0.6) is 5.75 Å². The van der Waals surface area contributed by atoms with Gasteiger partial charge in [0.1, 0.15) is 30.2 Å². The molecule has 1 aromatic rings. The third-order valence-corrected chi connectivity index (χ3v) is 5.47. The Kier molecular flexibility index (Phi) is 10.8. The van der Waals surface area contributed by atoms with Gasteiger partial charge in [-0.3, -0.25) is 0 Å². The minimum Gasteiger partial charge on any atom is -0.458 e. The number of aryl methyl sites for hydroxylation is 1. The van der Waals surface area contributed by atoms with E-state index in [0.29, 0.717) is 12.2 Å². The van der Waals surface area contributed by atoms with Gasteiger partial charge < -0.3 is 34.3 Å². The first-order valence-corrected chi connectivity index (χ1v) is 11.1. The van der Waals surface area contributed by atoms with Gasteiger partial charge in [0.2, 0.25) is 6.29 Å². The first-order chi connectivity index (χ1) is 14.5. The van der Waals surface area contributed by atoms with Gasteiger partial charge in [0, 0.05) is 12.5 Å². The number of aliphatic hydroxyl groups is 4. The van der Waals surface area contributed by atoms with E-state index in [9.17, 15) is 25.2 Å².